The minimum Gasteiger partial charge on any atom is -0.497 e. The maximum absolute atomic E-state index is 12.2. The van der Waals surface area contributed by atoms with Crippen LogP contribution in [0, 0.1) is 0 Å². The molecule has 0 atom stereocenters. The second kappa shape index (κ2) is 6.29. The van der Waals surface area contributed by atoms with Crippen LogP contribution in [0.25, 0.3) is 11.0 Å². The van der Waals surface area contributed by atoms with Gasteiger partial charge in [-0.3, -0.25) is 9.59 Å². The van der Waals surface area contributed by atoms with E-state index in [1.807, 2.05) is 12.1 Å². The number of nitrogens with zero attached hydrogens (tertiary/aromatic N) is 1. The summed E-state index contributed by atoms with van der Waals surface area (Å²) >= 11 is 3.32. The Morgan fingerprint density at radius 3 is 2.70 bits per heavy atom. The van der Waals surface area contributed by atoms with Gasteiger partial charge in [0.15, 0.2) is 5.58 Å². The van der Waals surface area contributed by atoms with E-state index in [4.69, 9.17) is 9.26 Å². The second-order valence-corrected chi connectivity index (χ2v) is 5.77. The van der Waals surface area contributed by atoms with Gasteiger partial charge in [-0.1, -0.05) is 15.9 Å². The summed E-state index contributed by atoms with van der Waals surface area (Å²) in [6.07, 6.45) is 0. The molecular weight excluding hydrogens is 364 g/mol. The number of fused-ring (bicyclic) bond motifs is 1. The smallest absolute Gasteiger partial charge is 0.290 e. The molecule has 0 aliphatic rings. The molecule has 23 heavy (non-hydrogen) atoms. The monoisotopic (exact) mass is 376 g/mol. The number of methoxy groups -OCH3 is 1. The molecule has 7 heteroatoms. The Bertz CT molecular complexity index is 912. The fourth-order valence-electron chi connectivity index (χ4n) is 2.14. The Kier molecular flexibility index (Phi) is 4.20. The summed E-state index contributed by atoms with van der Waals surface area (Å²) < 4.78 is 12.5. The van der Waals surface area contributed by atoms with E-state index >= 15 is 0 Å². The third kappa shape index (κ3) is 3.29. The number of hydrogen-bond acceptors (Lipinski definition) is 4. The van der Waals surface area contributed by atoms with Gasteiger partial charge < -0.3 is 14.6 Å². The predicted molar refractivity (Wildman–Crippen MR) is 89.8 cm³/mol. The van der Waals surface area contributed by atoms with Gasteiger partial charge in [0.1, 0.15) is 12.3 Å². The topological polar surface area (TPSA) is 73.5 Å². The lowest BCUT2D eigenvalue weighted by molar-refractivity contribution is -0.117. The van der Waals surface area contributed by atoms with Crippen molar-refractivity contribution in [1.29, 1.82) is 0 Å². The van der Waals surface area contributed by atoms with Crippen LogP contribution >= 0.6 is 15.9 Å². The van der Waals surface area contributed by atoms with Crippen molar-refractivity contribution in [3.8, 4) is 5.75 Å². The average Bonchev–Trinajstić information content (AvgIpc) is 2.85. The van der Waals surface area contributed by atoms with Crippen LogP contribution in [-0.2, 0) is 11.3 Å². The first kappa shape index (κ1) is 15.4. The van der Waals surface area contributed by atoms with Gasteiger partial charge in [-0.15, -0.1) is 0 Å². The minimum absolute atomic E-state index is 0.202. The molecule has 0 aliphatic heterocycles. The van der Waals surface area contributed by atoms with E-state index in [9.17, 15) is 9.59 Å². The normalized spacial score (nSPS) is 10.7. The maximum Gasteiger partial charge on any atom is 0.290 e. The fraction of sp³-hybridized carbons (Fsp3) is 0.125. The predicted octanol–water partition coefficient (Wildman–Crippen LogP) is 3.00. The van der Waals surface area contributed by atoms with Gasteiger partial charge in [-0.25, -0.2) is 0 Å². The number of carbonyl (C=O) groups is 1. The molecule has 0 radical (unpaired) electrons. The van der Waals surface area contributed by atoms with E-state index in [0.29, 0.717) is 22.4 Å². The highest BCUT2D eigenvalue weighted by Crippen LogP contribution is 2.19. The third-order valence-electron chi connectivity index (χ3n) is 3.27. The maximum atomic E-state index is 12.2. The van der Waals surface area contributed by atoms with Gasteiger partial charge in [0.2, 0.25) is 5.91 Å². The van der Waals surface area contributed by atoms with Crippen molar-refractivity contribution in [2.45, 2.75) is 6.54 Å². The van der Waals surface area contributed by atoms with Crippen LogP contribution in [0.15, 0.2) is 56.3 Å². The standard InChI is InChI=1S/C16H13BrN2O4/c1-22-12-6-7-13-14(8-12)23-19(16(13)21)9-15(20)18-11-4-2-10(17)3-5-11/h2-8H,9H2,1H3,(H,18,20). The van der Waals surface area contributed by atoms with Crippen molar-refractivity contribution in [3.63, 3.8) is 0 Å². The van der Waals surface area contributed by atoms with Crippen molar-refractivity contribution >= 4 is 38.5 Å². The van der Waals surface area contributed by atoms with Crippen molar-refractivity contribution < 1.29 is 14.1 Å². The van der Waals surface area contributed by atoms with Gasteiger partial charge in [-0.05, 0) is 36.4 Å². The number of rotatable bonds is 4. The van der Waals surface area contributed by atoms with E-state index in [-0.39, 0.29) is 18.0 Å². The molecule has 1 aromatic heterocycles. The number of ether oxygens (including phenoxy) is 1. The van der Waals surface area contributed by atoms with Gasteiger partial charge in [0.05, 0.1) is 12.5 Å². The number of carbonyl (C=O) groups excluding carboxylic acids is 1. The van der Waals surface area contributed by atoms with Gasteiger partial charge in [-0.2, -0.15) is 4.74 Å². The molecule has 0 aliphatic carbocycles. The number of benzene rings is 2. The number of halogens is 1. The molecular formula is C16H13BrN2O4. The van der Waals surface area contributed by atoms with E-state index in [0.717, 1.165) is 9.21 Å². The molecule has 0 saturated carbocycles. The van der Waals surface area contributed by atoms with Gasteiger partial charge in [0, 0.05) is 16.2 Å². The first-order valence-electron chi connectivity index (χ1n) is 6.80. The summed E-state index contributed by atoms with van der Waals surface area (Å²) in [6, 6.07) is 12.0. The van der Waals surface area contributed by atoms with Crippen LogP contribution in [0.3, 0.4) is 0 Å². The second-order valence-electron chi connectivity index (χ2n) is 4.85. The van der Waals surface area contributed by atoms with Crippen LogP contribution in [-0.4, -0.2) is 17.8 Å². The summed E-state index contributed by atoms with van der Waals surface area (Å²) in [6.45, 7) is -0.202. The summed E-state index contributed by atoms with van der Waals surface area (Å²) in [5, 5.41) is 3.11. The molecule has 0 fully saturated rings. The number of anilines is 1. The van der Waals surface area contributed by atoms with Crippen LogP contribution in [0.1, 0.15) is 0 Å². The number of amides is 1. The molecule has 3 aromatic rings. The molecule has 118 valence electrons. The molecule has 0 spiro atoms. The summed E-state index contributed by atoms with van der Waals surface area (Å²) in [4.78, 5) is 24.3. The fourth-order valence-corrected chi connectivity index (χ4v) is 2.41. The van der Waals surface area contributed by atoms with Crippen molar-refractivity contribution in [2.24, 2.45) is 0 Å². The third-order valence-corrected chi connectivity index (χ3v) is 3.80. The average molecular weight is 377 g/mol. The van der Waals surface area contributed by atoms with Crippen molar-refractivity contribution in [1.82, 2.24) is 4.74 Å². The number of nitrogens with one attached hydrogen (secondary N) is 1. The highest BCUT2D eigenvalue weighted by atomic mass is 79.9. The highest BCUT2D eigenvalue weighted by molar-refractivity contribution is 9.10. The molecule has 2 aromatic carbocycles. The molecule has 0 unspecified atom stereocenters. The molecule has 0 saturated heterocycles. The Hall–Kier alpha value is -2.54. The zero-order valence-corrected chi connectivity index (χ0v) is 13.8. The molecule has 6 nitrogen and oxygen atoms in total. The SMILES string of the molecule is COc1ccc2c(=O)n(CC(=O)Nc3ccc(Br)cc3)oc2c1. The first-order valence-corrected chi connectivity index (χ1v) is 7.59. The summed E-state index contributed by atoms with van der Waals surface area (Å²) in [5.74, 6) is 0.234. The van der Waals surface area contributed by atoms with Crippen LogP contribution in [0.5, 0.6) is 5.75 Å². The quantitative estimate of drug-likeness (QED) is 0.759. The zero-order chi connectivity index (χ0) is 16.4. The Labute approximate surface area is 139 Å². The molecule has 3 rings (SSSR count). The first-order chi connectivity index (χ1) is 11.1. The van der Waals surface area contributed by atoms with Crippen LogP contribution < -0.4 is 15.6 Å². The highest BCUT2D eigenvalue weighted by Gasteiger charge is 2.13. The van der Waals surface area contributed by atoms with E-state index in [1.165, 1.54) is 7.11 Å². The molecule has 1 heterocycles. The van der Waals surface area contributed by atoms with Crippen molar-refractivity contribution in [3.05, 3.63) is 57.3 Å². The zero-order valence-electron chi connectivity index (χ0n) is 12.2. The Morgan fingerprint density at radius 2 is 2.00 bits per heavy atom. The molecule has 0 bridgehead atoms. The number of aromatic nitrogens is 1. The van der Waals surface area contributed by atoms with E-state index < -0.39 is 0 Å². The molecule has 1 amide bonds. The lowest BCUT2D eigenvalue weighted by Gasteiger charge is -2.04. The largest absolute Gasteiger partial charge is 0.497 e. The van der Waals surface area contributed by atoms with Crippen LogP contribution in [0.4, 0.5) is 5.69 Å². The van der Waals surface area contributed by atoms with Gasteiger partial charge >= 0.3 is 0 Å². The Morgan fingerprint density at radius 1 is 1.26 bits per heavy atom. The minimum atomic E-state index is -0.353. The summed E-state index contributed by atoms with van der Waals surface area (Å²) in [5.41, 5.74) is 0.670. The lowest BCUT2D eigenvalue weighted by Crippen LogP contribution is -2.24. The van der Waals surface area contributed by atoms with Gasteiger partial charge in [0.25, 0.3) is 5.56 Å². The summed E-state index contributed by atoms with van der Waals surface area (Å²) in [7, 11) is 1.53. The van der Waals surface area contributed by atoms with Crippen molar-refractivity contribution in [2.75, 3.05) is 12.4 Å². The Balaban J connectivity index is 1.80. The molecule has 1 N–H and O–H groups in total. The van der Waals surface area contributed by atoms with Crippen LogP contribution in [0.2, 0.25) is 0 Å². The van der Waals surface area contributed by atoms with E-state index in [1.54, 1.807) is 30.3 Å². The number of hydrogen-bond donors (Lipinski definition) is 1. The lowest BCUT2D eigenvalue weighted by atomic mass is 10.2. The van der Waals surface area contributed by atoms with E-state index in [2.05, 4.69) is 21.2 Å².